The first-order valence-electron chi connectivity index (χ1n) is 11.4. The van der Waals surface area contributed by atoms with Crippen LogP contribution in [-0.4, -0.2) is 75.9 Å². The lowest BCUT2D eigenvalue weighted by Gasteiger charge is -2.33. The molecule has 1 fully saturated rings. The quantitative estimate of drug-likeness (QED) is 0.388. The third kappa shape index (κ3) is 5.81. The van der Waals surface area contributed by atoms with Crippen LogP contribution in [0.15, 0.2) is 34.5 Å². The number of carbonyl (C=O) groups is 1. The lowest BCUT2D eigenvalue weighted by atomic mass is 9.98. The van der Waals surface area contributed by atoms with Crippen LogP contribution in [0.2, 0.25) is 4.34 Å². The monoisotopic (exact) mass is 556 g/mol. The van der Waals surface area contributed by atoms with E-state index >= 15 is 0 Å². The fourth-order valence-electron chi connectivity index (χ4n) is 4.18. The van der Waals surface area contributed by atoms with Crippen molar-refractivity contribution in [2.75, 3.05) is 52.3 Å². The zero-order chi connectivity index (χ0) is 25.2. The minimum atomic E-state index is -3.70. The number of nitrogens with zero attached hydrogens (tertiary/aromatic N) is 4. The lowest BCUT2D eigenvalue weighted by molar-refractivity contribution is -0.123. The number of amides is 1. The van der Waals surface area contributed by atoms with Crippen molar-refractivity contribution < 1.29 is 17.9 Å². The maximum Gasteiger partial charge on any atom is 0.252 e. The van der Waals surface area contributed by atoms with Crippen LogP contribution in [0.5, 0.6) is 5.75 Å². The molecule has 0 bridgehead atoms. The molecule has 0 N–H and O–H groups in total. The number of sulfonamides is 1. The van der Waals surface area contributed by atoms with Gasteiger partial charge in [0.05, 0.1) is 22.1 Å². The van der Waals surface area contributed by atoms with Crippen LogP contribution in [0.4, 0.5) is 5.13 Å². The minimum Gasteiger partial charge on any atom is -0.494 e. The fourth-order valence-corrected chi connectivity index (χ4v) is 8.36. The Kier molecular flexibility index (Phi) is 8.34. The van der Waals surface area contributed by atoms with E-state index in [4.69, 9.17) is 21.3 Å². The standard InChI is InChI=1S/C23H29ClN4O4S3/c1-26(2)12-6-14-28(23-25-21-17(32-3)8-4-9-18(21)33-23)22(29)16-7-5-13-27(15-16)35(30,31)20-11-10-19(24)34-20/h4,8-11,16H,5-7,12-15H2,1-3H3. The molecule has 0 saturated carbocycles. The Bertz CT molecular complexity index is 1290. The topological polar surface area (TPSA) is 83.0 Å². The van der Waals surface area contributed by atoms with Crippen molar-refractivity contribution in [1.29, 1.82) is 0 Å². The van der Waals surface area contributed by atoms with Gasteiger partial charge in [-0.05, 0) is 64.2 Å². The average molecular weight is 557 g/mol. The molecule has 1 aliphatic heterocycles. The summed E-state index contributed by atoms with van der Waals surface area (Å²) in [4.78, 5) is 22.4. The molecule has 1 aromatic carbocycles. The maximum atomic E-state index is 13.8. The number of thiophene rings is 1. The number of aromatic nitrogens is 1. The van der Waals surface area contributed by atoms with Crippen molar-refractivity contribution in [2.45, 2.75) is 23.5 Å². The van der Waals surface area contributed by atoms with Gasteiger partial charge in [-0.1, -0.05) is 29.0 Å². The van der Waals surface area contributed by atoms with E-state index in [0.717, 1.165) is 34.5 Å². The summed E-state index contributed by atoms with van der Waals surface area (Å²) in [5, 5.41) is 0.610. The molecule has 1 saturated heterocycles. The van der Waals surface area contributed by atoms with Crippen molar-refractivity contribution in [3.63, 3.8) is 0 Å². The van der Waals surface area contributed by atoms with Gasteiger partial charge in [-0.2, -0.15) is 4.31 Å². The summed E-state index contributed by atoms with van der Waals surface area (Å²) in [5.74, 6) is 0.128. The van der Waals surface area contributed by atoms with Crippen LogP contribution >= 0.6 is 34.3 Å². The molecule has 0 spiro atoms. The Morgan fingerprint density at radius 3 is 2.71 bits per heavy atom. The number of halogens is 1. The number of fused-ring (bicyclic) bond motifs is 1. The molecule has 3 heterocycles. The van der Waals surface area contributed by atoms with Gasteiger partial charge in [0, 0.05) is 19.6 Å². The van der Waals surface area contributed by atoms with Gasteiger partial charge < -0.3 is 9.64 Å². The summed E-state index contributed by atoms with van der Waals surface area (Å²) in [6.45, 7) is 1.86. The largest absolute Gasteiger partial charge is 0.494 e. The molecule has 190 valence electrons. The Morgan fingerprint density at radius 1 is 1.23 bits per heavy atom. The van der Waals surface area contributed by atoms with E-state index in [9.17, 15) is 13.2 Å². The van der Waals surface area contributed by atoms with Gasteiger partial charge in [0.15, 0.2) is 5.13 Å². The predicted octanol–water partition coefficient (Wildman–Crippen LogP) is 4.41. The van der Waals surface area contributed by atoms with E-state index in [1.807, 2.05) is 32.3 Å². The van der Waals surface area contributed by atoms with Gasteiger partial charge in [0.1, 0.15) is 15.5 Å². The van der Waals surface area contributed by atoms with Crippen LogP contribution in [0.25, 0.3) is 10.2 Å². The molecule has 8 nitrogen and oxygen atoms in total. The van der Waals surface area contributed by atoms with Gasteiger partial charge in [-0.3, -0.25) is 9.69 Å². The second-order valence-electron chi connectivity index (χ2n) is 8.71. The molecule has 1 unspecified atom stereocenters. The van der Waals surface area contributed by atoms with Gasteiger partial charge in [-0.25, -0.2) is 13.4 Å². The highest BCUT2D eigenvalue weighted by molar-refractivity contribution is 7.91. The van der Waals surface area contributed by atoms with Crippen molar-refractivity contribution in [2.24, 2.45) is 5.92 Å². The number of hydrogen-bond donors (Lipinski definition) is 0. The highest BCUT2D eigenvalue weighted by Crippen LogP contribution is 2.36. The van der Waals surface area contributed by atoms with Crippen molar-refractivity contribution >= 4 is 65.6 Å². The van der Waals surface area contributed by atoms with E-state index in [2.05, 4.69) is 4.90 Å². The van der Waals surface area contributed by atoms with Crippen LogP contribution < -0.4 is 9.64 Å². The zero-order valence-corrected chi connectivity index (χ0v) is 23.1. The predicted molar refractivity (Wildman–Crippen MR) is 143 cm³/mol. The van der Waals surface area contributed by atoms with Crippen LogP contribution in [0.1, 0.15) is 19.3 Å². The molecule has 1 aliphatic rings. The van der Waals surface area contributed by atoms with Crippen molar-refractivity contribution in [3.05, 3.63) is 34.7 Å². The normalized spacial score (nSPS) is 17.2. The van der Waals surface area contributed by atoms with E-state index in [0.29, 0.717) is 41.1 Å². The van der Waals surface area contributed by atoms with Crippen LogP contribution in [0, 0.1) is 5.92 Å². The van der Waals surface area contributed by atoms with E-state index in [1.54, 1.807) is 18.1 Å². The number of benzene rings is 1. The molecule has 4 rings (SSSR count). The van der Waals surface area contributed by atoms with Crippen molar-refractivity contribution in [3.8, 4) is 5.75 Å². The Hall–Kier alpha value is -1.76. The second kappa shape index (κ2) is 11.1. The smallest absolute Gasteiger partial charge is 0.252 e. The number of thiazole rings is 1. The number of anilines is 1. The number of carbonyl (C=O) groups excluding carboxylic acids is 1. The molecule has 1 atom stereocenters. The Balaban J connectivity index is 1.60. The van der Waals surface area contributed by atoms with Crippen LogP contribution in [-0.2, 0) is 14.8 Å². The first kappa shape index (κ1) is 26.3. The SMILES string of the molecule is COc1cccc2sc(N(CCCN(C)C)C(=O)C3CCCN(S(=O)(=O)c4ccc(Cl)s4)C3)nc12. The lowest BCUT2D eigenvalue weighted by Crippen LogP contribution is -2.47. The summed E-state index contributed by atoms with van der Waals surface area (Å²) in [6.07, 6.45) is 2.02. The molecule has 1 amide bonds. The number of methoxy groups -OCH3 is 1. The first-order valence-corrected chi connectivity index (χ1v) is 14.8. The maximum absolute atomic E-state index is 13.8. The summed E-state index contributed by atoms with van der Waals surface area (Å²) in [5.41, 5.74) is 0.725. The fraction of sp³-hybridized carbons (Fsp3) is 0.478. The van der Waals surface area contributed by atoms with E-state index in [-0.39, 0.29) is 16.7 Å². The summed E-state index contributed by atoms with van der Waals surface area (Å²) < 4.78 is 34.8. The first-order chi connectivity index (χ1) is 16.7. The highest BCUT2D eigenvalue weighted by atomic mass is 35.5. The Labute approximate surface area is 219 Å². The van der Waals surface area contributed by atoms with Crippen LogP contribution in [0.3, 0.4) is 0 Å². The van der Waals surface area contributed by atoms with Gasteiger partial charge in [0.2, 0.25) is 5.91 Å². The summed E-state index contributed by atoms with van der Waals surface area (Å²) >= 11 is 8.46. The summed E-state index contributed by atoms with van der Waals surface area (Å²) in [7, 11) is 1.90. The number of hydrogen-bond acceptors (Lipinski definition) is 8. The molecule has 35 heavy (non-hydrogen) atoms. The van der Waals surface area contributed by atoms with E-state index in [1.165, 1.54) is 21.7 Å². The molecule has 3 aromatic rings. The van der Waals surface area contributed by atoms with E-state index < -0.39 is 15.9 Å². The molecular weight excluding hydrogens is 528 g/mol. The molecule has 2 aromatic heterocycles. The molecule has 0 radical (unpaired) electrons. The highest BCUT2D eigenvalue weighted by Gasteiger charge is 2.36. The molecule has 12 heteroatoms. The van der Waals surface area contributed by atoms with Gasteiger partial charge >= 0.3 is 0 Å². The number of ether oxygens (including phenoxy) is 1. The zero-order valence-electron chi connectivity index (χ0n) is 19.9. The Morgan fingerprint density at radius 2 is 2.03 bits per heavy atom. The molecular formula is C23H29ClN4O4S3. The minimum absolute atomic E-state index is 0.0918. The number of para-hydroxylation sites is 1. The van der Waals surface area contributed by atoms with Crippen molar-refractivity contribution in [1.82, 2.24) is 14.2 Å². The van der Waals surface area contributed by atoms with Gasteiger partial charge in [0.25, 0.3) is 10.0 Å². The third-order valence-electron chi connectivity index (χ3n) is 5.95. The van der Waals surface area contributed by atoms with Gasteiger partial charge in [-0.15, -0.1) is 11.3 Å². The number of piperidine rings is 1. The molecule has 0 aliphatic carbocycles. The average Bonchev–Trinajstić information content (AvgIpc) is 3.48. The summed E-state index contributed by atoms with van der Waals surface area (Å²) in [6, 6.07) is 8.82. The number of rotatable bonds is 9. The second-order valence-corrected chi connectivity index (χ2v) is 13.6. The third-order valence-corrected chi connectivity index (χ3v) is 10.6.